The SMILES string of the molecule is CCCCC(O)CN1CCN(C)CC1. The Morgan fingerprint density at radius 2 is 1.86 bits per heavy atom. The smallest absolute Gasteiger partial charge is 0.0667 e. The zero-order chi connectivity index (χ0) is 10.4. The monoisotopic (exact) mass is 200 g/mol. The predicted octanol–water partition coefficient (Wildman–Crippen LogP) is 0.785. The quantitative estimate of drug-likeness (QED) is 0.710. The van der Waals surface area contributed by atoms with E-state index in [-0.39, 0.29) is 6.10 Å². The van der Waals surface area contributed by atoms with Gasteiger partial charge in [-0.15, -0.1) is 0 Å². The minimum atomic E-state index is -0.113. The summed E-state index contributed by atoms with van der Waals surface area (Å²) in [5.41, 5.74) is 0. The molecule has 0 radical (unpaired) electrons. The van der Waals surface area contributed by atoms with Crippen LogP contribution in [0.3, 0.4) is 0 Å². The maximum Gasteiger partial charge on any atom is 0.0667 e. The Balaban J connectivity index is 2.10. The van der Waals surface area contributed by atoms with Gasteiger partial charge in [-0.05, 0) is 13.5 Å². The molecule has 1 unspecified atom stereocenters. The van der Waals surface area contributed by atoms with E-state index in [0.29, 0.717) is 0 Å². The molecule has 84 valence electrons. The first kappa shape index (κ1) is 12.0. The van der Waals surface area contributed by atoms with Gasteiger partial charge in [0, 0.05) is 32.7 Å². The van der Waals surface area contributed by atoms with Crippen molar-refractivity contribution in [1.82, 2.24) is 9.80 Å². The van der Waals surface area contributed by atoms with Crippen LogP contribution >= 0.6 is 0 Å². The van der Waals surface area contributed by atoms with E-state index in [0.717, 1.165) is 45.6 Å². The second-order valence-electron chi connectivity index (χ2n) is 4.40. The van der Waals surface area contributed by atoms with Crippen LogP contribution in [-0.2, 0) is 0 Å². The number of likely N-dealkylation sites (N-methyl/N-ethyl adjacent to an activating group) is 1. The molecule has 3 nitrogen and oxygen atoms in total. The largest absolute Gasteiger partial charge is 0.392 e. The molecule has 1 rings (SSSR count). The van der Waals surface area contributed by atoms with Crippen molar-refractivity contribution >= 4 is 0 Å². The molecule has 0 aromatic heterocycles. The third kappa shape index (κ3) is 4.40. The van der Waals surface area contributed by atoms with E-state index >= 15 is 0 Å². The maximum atomic E-state index is 9.74. The molecule has 1 aliphatic rings. The Hall–Kier alpha value is -0.120. The third-order valence-electron chi connectivity index (χ3n) is 2.96. The van der Waals surface area contributed by atoms with Gasteiger partial charge >= 0.3 is 0 Å². The number of nitrogens with zero attached hydrogens (tertiary/aromatic N) is 2. The van der Waals surface area contributed by atoms with E-state index in [9.17, 15) is 5.11 Å². The number of aliphatic hydroxyl groups is 1. The standard InChI is InChI=1S/C11H24N2O/c1-3-4-5-11(14)10-13-8-6-12(2)7-9-13/h11,14H,3-10H2,1-2H3. The number of rotatable bonds is 5. The number of aliphatic hydroxyl groups excluding tert-OH is 1. The first-order valence-electron chi connectivity index (χ1n) is 5.81. The molecule has 0 aromatic carbocycles. The molecular weight excluding hydrogens is 176 g/mol. The van der Waals surface area contributed by atoms with E-state index < -0.39 is 0 Å². The van der Waals surface area contributed by atoms with Crippen LogP contribution in [0.5, 0.6) is 0 Å². The number of piperazine rings is 1. The average Bonchev–Trinajstić information content (AvgIpc) is 2.18. The van der Waals surface area contributed by atoms with Crippen molar-refractivity contribution in [3.05, 3.63) is 0 Å². The fourth-order valence-electron chi connectivity index (χ4n) is 1.86. The summed E-state index contributed by atoms with van der Waals surface area (Å²) in [6.07, 6.45) is 3.18. The van der Waals surface area contributed by atoms with E-state index in [1.165, 1.54) is 6.42 Å². The minimum absolute atomic E-state index is 0.113. The van der Waals surface area contributed by atoms with E-state index in [4.69, 9.17) is 0 Å². The molecule has 1 fully saturated rings. The fourth-order valence-corrected chi connectivity index (χ4v) is 1.86. The Morgan fingerprint density at radius 1 is 1.21 bits per heavy atom. The number of unbranched alkanes of at least 4 members (excludes halogenated alkanes) is 1. The summed E-state index contributed by atoms with van der Waals surface area (Å²) in [6, 6.07) is 0. The van der Waals surface area contributed by atoms with E-state index in [1.54, 1.807) is 0 Å². The lowest BCUT2D eigenvalue weighted by atomic mass is 10.1. The van der Waals surface area contributed by atoms with E-state index in [1.807, 2.05) is 0 Å². The van der Waals surface area contributed by atoms with Crippen LogP contribution in [0.25, 0.3) is 0 Å². The lowest BCUT2D eigenvalue weighted by molar-refractivity contribution is 0.0747. The van der Waals surface area contributed by atoms with Gasteiger partial charge < -0.3 is 10.0 Å². The Morgan fingerprint density at radius 3 is 2.43 bits per heavy atom. The van der Waals surface area contributed by atoms with Crippen molar-refractivity contribution in [2.75, 3.05) is 39.8 Å². The lowest BCUT2D eigenvalue weighted by Crippen LogP contribution is -2.46. The van der Waals surface area contributed by atoms with Crippen LogP contribution in [0.2, 0.25) is 0 Å². The molecule has 0 spiro atoms. The number of hydrogen-bond donors (Lipinski definition) is 1. The lowest BCUT2D eigenvalue weighted by Gasteiger charge is -2.33. The van der Waals surface area contributed by atoms with Crippen LogP contribution < -0.4 is 0 Å². The Bertz CT molecular complexity index is 144. The highest BCUT2D eigenvalue weighted by atomic mass is 16.3. The van der Waals surface area contributed by atoms with Gasteiger partial charge in [-0.25, -0.2) is 0 Å². The molecule has 0 bridgehead atoms. The molecule has 0 aromatic rings. The minimum Gasteiger partial charge on any atom is -0.392 e. The summed E-state index contributed by atoms with van der Waals surface area (Å²) < 4.78 is 0. The summed E-state index contributed by atoms with van der Waals surface area (Å²) >= 11 is 0. The summed E-state index contributed by atoms with van der Waals surface area (Å²) in [6.45, 7) is 7.54. The molecule has 1 N–H and O–H groups in total. The highest BCUT2D eigenvalue weighted by Gasteiger charge is 2.16. The molecule has 3 heteroatoms. The number of β-amino-alcohol motifs (C(OH)–C–C–N with tert-alkyl or cyclic N) is 1. The number of hydrogen-bond acceptors (Lipinski definition) is 3. The molecule has 1 saturated heterocycles. The van der Waals surface area contributed by atoms with Crippen molar-refractivity contribution in [2.24, 2.45) is 0 Å². The maximum absolute atomic E-state index is 9.74. The van der Waals surface area contributed by atoms with Gasteiger partial charge in [0.2, 0.25) is 0 Å². The Labute approximate surface area is 87.7 Å². The van der Waals surface area contributed by atoms with Gasteiger partial charge in [0.25, 0.3) is 0 Å². The first-order chi connectivity index (χ1) is 6.72. The third-order valence-corrected chi connectivity index (χ3v) is 2.96. The highest BCUT2D eigenvalue weighted by Crippen LogP contribution is 2.05. The van der Waals surface area contributed by atoms with Crippen LogP contribution in [0.4, 0.5) is 0 Å². The Kier molecular flexibility index (Phi) is 5.45. The topological polar surface area (TPSA) is 26.7 Å². The van der Waals surface area contributed by atoms with Crippen LogP contribution in [0.15, 0.2) is 0 Å². The fraction of sp³-hybridized carbons (Fsp3) is 1.00. The second-order valence-corrected chi connectivity index (χ2v) is 4.40. The molecule has 14 heavy (non-hydrogen) atoms. The predicted molar refractivity (Wildman–Crippen MR) is 59.5 cm³/mol. The van der Waals surface area contributed by atoms with Gasteiger partial charge in [-0.3, -0.25) is 4.90 Å². The first-order valence-corrected chi connectivity index (χ1v) is 5.81. The summed E-state index contributed by atoms with van der Waals surface area (Å²) in [7, 11) is 2.16. The second kappa shape index (κ2) is 6.38. The summed E-state index contributed by atoms with van der Waals surface area (Å²) in [5.74, 6) is 0. The molecule has 1 heterocycles. The summed E-state index contributed by atoms with van der Waals surface area (Å²) in [4.78, 5) is 4.72. The zero-order valence-corrected chi connectivity index (χ0v) is 9.58. The zero-order valence-electron chi connectivity index (χ0n) is 9.58. The highest BCUT2D eigenvalue weighted by molar-refractivity contribution is 4.72. The molecule has 0 saturated carbocycles. The van der Waals surface area contributed by atoms with Crippen LogP contribution in [0.1, 0.15) is 26.2 Å². The molecule has 0 aliphatic carbocycles. The molecule has 0 amide bonds. The van der Waals surface area contributed by atoms with Gasteiger partial charge in [-0.1, -0.05) is 19.8 Å². The van der Waals surface area contributed by atoms with Crippen molar-refractivity contribution in [1.29, 1.82) is 0 Å². The molecular formula is C11H24N2O. The van der Waals surface area contributed by atoms with Gasteiger partial charge in [0.1, 0.15) is 0 Å². The van der Waals surface area contributed by atoms with Gasteiger partial charge in [0.15, 0.2) is 0 Å². The van der Waals surface area contributed by atoms with Crippen LogP contribution in [0, 0.1) is 0 Å². The molecule has 1 atom stereocenters. The van der Waals surface area contributed by atoms with Gasteiger partial charge in [0.05, 0.1) is 6.10 Å². The van der Waals surface area contributed by atoms with Crippen molar-refractivity contribution in [3.8, 4) is 0 Å². The molecule has 1 aliphatic heterocycles. The van der Waals surface area contributed by atoms with Crippen molar-refractivity contribution in [2.45, 2.75) is 32.3 Å². The summed E-state index contributed by atoms with van der Waals surface area (Å²) in [5, 5.41) is 9.74. The van der Waals surface area contributed by atoms with Gasteiger partial charge in [-0.2, -0.15) is 0 Å². The van der Waals surface area contributed by atoms with Crippen molar-refractivity contribution < 1.29 is 5.11 Å². The average molecular weight is 200 g/mol. The van der Waals surface area contributed by atoms with Crippen LogP contribution in [-0.4, -0.2) is 60.8 Å². The van der Waals surface area contributed by atoms with E-state index in [2.05, 4.69) is 23.8 Å². The van der Waals surface area contributed by atoms with Crippen molar-refractivity contribution in [3.63, 3.8) is 0 Å². The normalized spacial score (nSPS) is 22.5.